The lowest BCUT2D eigenvalue weighted by Crippen LogP contribution is -2.11. The molecule has 18 heavy (non-hydrogen) atoms. The topological polar surface area (TPSA) is 43.8 Å². The van der Waals surface area contributed by atoms with Gasteiger partial charge in [0.15, 0.2) is 0 Å². The summed E-state index contributed by atoms with van der Waals surface area (Å²) in [7, 11) is 0. The second-order valence-corrected chi connectivity index (χ2v) is 5.68. The first-order valence-electron chi connectivity index (χ1n) is 6.17. The molecule has 0 amide bonds. The van der Waals surface area contributed by atoms with E-state index in [1.165, 1.54) is 6.07 Å². The van der Waals surface area contributed by atoms with Gasteiger partial charge < -0.3 is 10.3 Å². The Morgan fingerprint density at radius 1 is 1.39 bits per heavy atom. The van der Waals surface area contributed by atoms with Crippen LogP contribution in [0.15, 0.2) is 12.1 Å². The zero-order chi connectivity index (χ0) is 13.3. The lowest BCUT2D eigenvalue weighted by molar-refractivity contribution is 0.427. The highest BCUT2D eigenvalue weighted by Crippen LogP contribution is 2.25. The van der Waals surface area contributed by atoms with Crippen molar-refractivity contribution >= 4 is 39.6 Å². The lowest BCUT2D eigenvalue weighted by Gasteiger charge is -2.14. The van der Waals surface area contributed by atoms with Crippen LogP contribution in [0.1, 0.15) is 26.7 Å². The summed E-state index contributed by atoms with van der Waals surface area (Å²) in [5.74, 6) is 0.805. The van der Waals surface area contributed by atoms with Gasteiger partial charge in [0.25, 0.3) is 0 Å². The number of fused-ring (bicyclic) bond motifs is 1. The summed E-state index contributed by atoms with van der Waals surface area (Å²) in [4.78, 5) is 4.31. The number of hydrogen-bond donors (Lipinski definition) is 1. The normalized spacial score (nSPS) is 11.6. The summed E-state index contributed by atoms with van der Waals surface area (Å²) in [5, 5.41) is 0. The van der Waals surface area contributed by atoms with E-state index in [9.17, 15) is 4.39 Å². The van der Waals surface area contributed by atoms with Gasteiger partial charge in [-0.2, -0.15) is 0 Å². The number of benzene rings is 1. The van der Waals surface area contributed by atoms with E-state index in [0.29, 0.717) is 15.4 Å². The van der Waals surface area contributed by atoms with E-state index in [0.717, 1.165) is 30.4 Å². The molecule has 5 heteroatoms. The quantitative estimate of drug-likeness (QED) is 0.842. The SMILES string of the molecule is CCC(CC)Cn1c(N)nc2cc(I)c(F)cc21. The minimum atomic E-state index is -0.214. The maximum atomic E-state index is 13.6. The van der Waals surface area contributed by atoms with Crippen LogP contribution < -0.4 is 5.73 Å². The molecule has 98 valence electrons. The molecule has 0 radical (unpaired) electrons. The average molecular weight is 361 g/mol. The van der Waals surface area contributed by atoms with Crippen molar-refractivity contribution in [3.8, 4) is 0 Å². The highest BCUT2D eigenvalue weighted by atomic mass is 127. The molecule has 0 bridgehead atoms. The van der Waals surface area contributed by atoms with Crippen LogP contribution in [0.2, 0.25) is 0 Å². The molecular formula is C13H17FIN3. The molecule has 1 heterocycles. The van der Waals surface area contributed by atoms with Crippen molar-refractivity contribution < 1.29 is 4.39 Å². The minimum Gasteiger partial charge on any atom is -0.369 e. The van der Waals surface area contributed by atoms with Gasteiger partial charge in [-0.15, -0.1) is 0 Å². The third-order valence-electron chi connectivity index (χ3n) is 3.42. The molecule has 3 nitrogen and oxygen atoms in total. The molecule has 0 saturated carbocycles. The standard InChI is InChI=1S/C13H17FIN3/c1-3-8(4-2)7-18-12-5-9(14)10(15)6-11(12)17-13(18)16/h5-6,8H,3-4,7H2,1-2H3,(H2,16,17). The summed E-state index contributed by atoms with van der Waals surface area (Å²) < 4.78 is 16.1. The predicted octanol–water partition coefficient (Wildman–Crippen LogP) is 3.80. The van der Waals surface area contributed by atoms with Crippen molar-refractivity contribution in [2.45, 2.75) is 33.2 Å². The molecule has 0 saturated heterocycles. The van der Waals surface area contributed by atoms with Gasteiger partial charge in [-0.1, -0.05) is 26.7 Å². The van der Waals surface area contributed by atoms with Crippen LogP contribution in [-0.4, -0.2) is 9.55 Å². The highest BCUT2D eigenvalue weighted by Gasteiger charge is 2.14. The summed E-state index contributed by atoms with van der Waals surface area (Å²) in [6, 6.07) is 3.27. The van der Waals surface area contributed by atoms with Crippen LogP contribution in [0.4, 0.5) is 10.3 Å². The lowest BCUT2D eigenvalue weighted by atomic mass is 10.0. The minimum absolute atomic E-state index is 0.214. The van der Waals surface area contributed by atoms with E-state index in [1.807, 2.05) is 27.2 Å². The fraction of sp³-hybridized carbons (Fsp3) is 0.462. The van der Waals surface area contributed by atoms with E-state index >= 15 is 0 Å². The first kappa shape index (κ1) is 13.6. The highest BCUT2D eigenvalue weighted by molar-refractivity contribution is 14.1. The summed E-state index contributed by atoms with van der Waals surface area (Å²) in [5.41, 5.74) is 7.50. The monoisotopic (exact) mass is 361 g/mol. The first-order valence-corrected chi connectivity index (χ1v) is 7.25. The molecule has 2 rings (SSSR count). The maximum absolute atomic E-state index is 13.6. The Labute approximate surface area is 120 Å². The van der Waals surface area contributed by atoms with E-state index in [1.54, 1.807) is 6.07 Å². The largest absolute Gasteiger partial charge is 0.369 e. The molecule has 0 aliphatic rings. The number of nitrogen functional groups attached to an aromatic ring is 1. The van der Waals surface area contributed by atoms with Crippen molar-refractivity contribution in [2.24, 2.45) is 5.92 Å². The third-order valence-corrected chi connectivity index (χ3v) is 4.24. The van der Waals surface area contributed by atoms with Gasteiger partial charge in [-0.25, -0.2) is 9.37 Å². The number of rotatable bonds is 4. The van der Waals surface area contributed by atoms with Crippen LogP contribution >= 0.6 is 22.6 Å². The predicted molar refractivity (Wildman–Crippen MR) is 80.9 cm³/mol. The van der Waals surface area contributed by atoms with Gasteiger partial charge in [-0.05, 0) is 34.6 Å². The molecule has 0 fully saturated rings. The molecule has 2 aromatic rings. The summed E-state index contributed by atoms with van der Waals surface area (Å²) >= 11 is 1.97. The molecule has 0 spiro atoms. The molecular weight excluding hydrogens is 344 g/mol. The number of hydrogen-bond acceptors (Lipinski definition) is 2. The zero-order valence-electron chi connectivity index (χ0n) is 10.6. The second-order valence-electron chi connectivity index (χ2n) is 4.52. The Morgan fingerprint density at radius 2 is 2.06 bits per heavy atom. The number of halogens is 2. The maximum Gasteiger partial charge on any atom is 0.201 e. The Hall–Kier alpha value is -0.850. The molecule has 1 aromatic carbocycles. The average Bonchev–Trinajstić information content (AvgIpc) is 2.63. The number of anilines is 1. The van der Waals surface area contributed by atoms with Crippen molar-refractivity contribution in [1.29, 1.82) is 0 Å². The molecule has 0 aliphatic carbocycles. The van der Waals surface area contributed by atoms with Crippen molar-refractivity contribution in [3.05, 3.63) is 21.5 Å². The van der Waals surface area contributed by atoms with Crippen molar-refractivity contribution in [3.63, 3.8) is 0 Å². The summed E-state index contributed by atoms with van der Waals surface area (Å²) in [6.45, 7) is 5.12. The van der Waals surface area contributed by atoms with E-state index in [-0.39, 0.29) is 5.82 Å². The Kier molecular flexibility index (Phi) is 4.09. The zero-order valence-corrected chi connectivity index (χ0v) is 12.7. The number of imidazole rings is 1. The van der Waals surface area contributed by atoms with E-state index in [2.05, 4.69) is 18.8 Å². The molecule has 0 unspecified atom stereocenters. The molecule has 1 aromatic heterocycles. The van der Waals surface area contributed by atoms with Crippen LogP contribution in [0.3, 0.4) is 0 Å². The molecule has 0 atom stereocenters. The molecule has 0 aliphatic heterocycles. The van der Waals surface area contributed by atoms with Crippen LogP contribution in [-0.2, 0) is 6.54 Å². The second kappa shape index (κ2) is 5.42. The summed E-state index contributed by atoms with van der Waals surface area (Å²) in [6.07, 6.45) is 2.17. The van der Waals surface area contributed by atoms with Crippen molar-refractivity contribution in [1.82, 2.24) is 9.55 Å². The number of aromatic nitrogens is 2. The van der Waals surface area contributed by atoms with E-state index in [4.69, 9.17) is 5.73 Å². The van der Waals surface area contributed by atoms with Crippen LogP contribution in [0.25, 0.3) is 11.0 Å². The fourth-order valence-corrected chi connectivity index (χ4v) is 2.59. The number of nitrogens with zero attached hydrogens (tertiary/aromatic N) is 2. The van der Waals surface area contributed by atoms with Crippen molar-refractivity contribution in [2.75, 3.05) is 5.73 Å². The fourth-order valence-electron chi connectivity index (χ4n) is 2.14. The van der Waals surface area contributed by atoms with Crippen LogP contribution in [0.5, 0.6) is 0 Å². The molecule has 2 N–H and O–H groups in total. The third kappa shape index (κ3) is 2.46. The van der Waals surface area contributed by atoms with Gasteiger partial charge in [-0.3, -0.25) is 0 Å². The van der Waals surface area contributed by atoms with Gasteiger partial charge in [0, 0.05) is 12.6 Å². The van der Waals surface area contributed by atoms with Gasteiger partial charge >= 0.3 is 0 Å². The Balaban J connectivity index is 2.49. The first-order chi connectivity index (χ1) is 8.56. The van der Waals surface area contributed by atoms with Gasteiger partial charge in [0.1, 0.15) is 5.82 Å². The Bertz CT molecular complexity index is 561. The van der Waals surface area contributed by atoms with Gasteiger partial charge in [0.05, 0.1) is 14.6 Å². The van der Waals surface area contributed by atoms with Gasteiger partial charge in [0.2, 0.25) is 5.95 Å². The van der Waals surface area contributed by atoms with E-state index < -0.39 is 0 Å². The van der Waals surface area contributed by atoms with Crippen LogP contribution in [0, 0.1) is 15.3 Å². The smallest absolute Gasteiger partial charge is 0.201 e. The number of nitrogens with two attached hydrogens (primary N) is 1. The Morgan fingerprint density at radius 3 is 2.67 bits per heavy atom.